The minimum absolute atomic E-state index is 0.0370. The monoisotopic (exact) mass is 253 g/mol. The molecular formula is C12H15NO5. The summed E-state index contributed by atoms with van der Waals surface area (Å²) in [6, 6.07) is 3.33. The van der Waals surface area contributed by atoms with Crippen molar-refractivity contribution in [1.82, 2.24) is 5.32 Å². The molecule has 98 valence electrons. The second-order valence-electron chi connectivity index (χ2n) is 4.01. The molecule has 0 saturated heterocycles. The lowest BCUT2D eigenvalue weighted by Crippen LogP contribution is -2.32. The topological polar surface area (TPSA) is 107 Å². The van der Waals surface area contributed by atoms with Gasteiger partial charge in [-0.3, -0.25) is 9.59 Å². The van der Waals surface area contributed by atoms with Gasteiger partial charge in [0.15, 0.2) is 0 Å². The third-order valence-corrected chi connectivity index (χ3v) is 2.39. The first-order valence-corrected chi connectivity index (χ1v) is 5.44. The molecule has 0 aliphatic rings. The zero-order valence-corrected chi connectivity index (χ0v) is 9.88. The second kappa shape index (κ2) is 5.90. The van der Waals surface area contributed by atoms with Crippen molar-refractivity contribution in [3.05, 3.63) is 23.8 Å². The van der Waals surface area contributed by atoms with E-state index in [0.29, 0.717) is 6.42 Å². The molecule has 6 heteroatoms. The summed E-state index contributed by atoms with van der Waals surface area (Å²) in [5, 5.41) is 29.6. The molecule has 4 N–H and O–H groups in total. The van der Waals surface area contributed by atoms with Gasteiger partial charge in [-0.05, 0) is 25.5 Å². The molecule has 1 amide bonds. The van der Waals surface area contributed by atoms with Gasteiger partial charge >= 0.3 is 5.97 Å². The van der Waals surface area contributed by atoms with Gasteiger partial charge in [0, 0.05) is 18.5 Å². The summed E-state index contributed by atoms with van der Waals surface area (Å²) in [5.41, 5.74) is 0.0370. The van der Waals surface area contributed by atoms with Crippen LogP contribution in [0.5, 0.6) is 11.5 Å². The molecule has 0 heterocycles. The largest absolute Gasteiger partial charge is 0.508 e. The first-order chi connectivity index (χ1) is 8.40. The molecule has 0 fully saturated rings. The Hall–Kier alpha value is -2.24. The Bertz CT molecular complexity index is 458. The fourth-order valence-corrected chi connectivity index (χ4v) is 1.43. The smallest absolute Gasteiger partial charge is 0.303 e. The van der Waals surface area contributed by atoms with Crippen LogP contribution in [0, 0.1) is 0 Å². The number of benzene rings is 1. The molecular weight excluding hydrogens is 238 g/mol. The van der Waals surface area contributed by atoms with Gasteiger partial charge in [0.05, 0.1) is 5.56 Å². The lowest BCUT2D eigenvalue weighted by atomic mass is 10.1. The molecule has 1 rings (SSSR count). The Morgan fingerprint density at radius 2 is 2.00 bits per heavy atom. The Morgan fingerprint density at radius 3 is 2.56 bits per heavy atom. The molecule has 0 spiro atoms. The van der Waals surface area contributed by atoms with Gasteiger partial charge in [0.25, 0.3) is 5.91 Å². The number of aromatic hydroxyl groups is 2. The van der Waals surface area contributed by atoms with Crippen molar-refractivity contribution >= 4 is 11.9 Å². The second-order valence-corrected chi connectivity index (χ2v) is 4.01. The van der Waals surface area contributed by atoms with E-state index in [1.165, 1.54) is 12.1 Å². The van der Waals surface area contributed by atoms with Gasteiger partial charge in [-0.15, -0.1) is 0 Å². The summed E-state index contributed by atoms with van der Waals surface area (Å²) in [6.07, 6.45) is 0.267. The Kier molecular flexibility index (Phi) is 4.53. The fourth-order valence-electron chi connectivity index (χ4n) is 1.43. The molecule has 0 saturated carbocycles. The summed E-state index contributed by atoms with van der Waals surface area (Å²) >= 11 is 0. The van der Waals surface area contributed by atoms with Gasteiger partial charge in [0.1, 0.15) is 11.5 Å². The Balaban J connectivity index is 2.62. The van der Waals surface area contributed by atoms with Crippen LogP contribution >= 0.6 is 0 Å². The van der Waals surface area contributed by atoms with Crippen LogP contribution in [0.2, 0.25) is 0 Å². The zero-order valence-electron chi connectivity index (χ0n) is 9.88. The number of carbonyl (C=O) groups excluding carboxylic acids is 1. The van der Waals surface area contributed by atoms with Crippen LogP contribution in [0.3, 0.4) is 0 Å². The van der Waals surface area contributed by atoms with E-state index in [4.69, 9.17) is 10.2 Å². The summed E-state index contributed by atoms with van der Waals surface area (Å²) in [5.74, 6) is -1.89. The van der Waals surface area contributed by atoms with Crippen LogP contribution in [0.4, 0.5) is 0 Å². The van der Waals surface area contributed by atoms with Gasteiger partial charge in [-0.25, -0.2) is 0 Å². The van der Waals surface area contributed by atoms with Crippen molar-refractivity contribution in [3.8, 4) is 11.5 Å². The standard InChI is InChI=1S/C12H15NO5/c1-7(2-5-11(16)17)13-12(18)9-4-3-8(14)6-10(9)15/h3-4,6-7,14-15H,2,5H2,1H3,(H,13,18)(H,16,17). The van der Waals surface area contributed by atoms with Crippen LogP contribution < -0.4 is 5.32 Å². The van der Waals surface area contributed by atoms with E-state index in [0.717, 1.165) is 6.07 Å². The van der Waals surface area contributed by atoms with Gasteiger partial charge in [-0.1, -0.05) is 0 Å². The van der Waals surface area contributed by atoms with Crippen LogP contribution in [0.1, 0.15) is 30.1 Å². The van der Waals surface area contributed by atoms with E-state index in [1.54, 1.807) is 6.92 Å². The predicted octanol–water partition coefficient (Wildman–Crippen LogP) is 1.08. The number of phenols is 2. The maximum absolute atomic E-state index is 11.7. The van der Waals surface area contributed by atoms with E-state index < -0.39 is 11.9 Å². The molecule has 0 aliphatic carbocycles. The van der Waals surface area contributed by atoms with Crippen molar-refractivity contribution in [2.24, 2.45) is 0 Å². The molecule has 0 bridgehead atoms. The highest BCUT2D eigenvalue weighted by atomic mass is 16.4. The van der Waals surface area contributed by atoms with Gasteiger partial charge in [-0.2, -0.15) is 0 Å². The average Bonchev–Trinajstić information content (AvgIpc) is 2.26. The van der Waals surface area contributed by atoms with Crippen LogP contribution in [-0.4, -0.2) is 33.2 Å². The molecule has 6 nitrogen and oxygen atoms in total. The molecule has 1 aromatic rings. The van der Waals surface area contributed by atoms with Crippen LogP contribution in [-0.2, 0) is 4.79 Å². The molecule has 1 unspecified atom stereocenters. The minimum Gasteiger partial charge on any atom is -0.508 e. The Labute approximate surface area is 104 Å². The first kappa shape index (κ1) is 13.8. The number of carboxylic acid groups (broad SMARTS) is 1. The van der Waals surface area contributed by atoms with Crippen molar-refractivity contribution in [1.29, 1.82) is 0 Å². The molecule has 0 radical (unpaired) electrons. The lowest BCUT2D eigenvalue weighted by molar-refractivity contribution is -0.137. The number of nitrogens with one attached hydrogen (secondary N) is 1. The number of hydrogen-bond donors (Lipinski definition) is 4. The first-order valence-electron chi connectivity index (χ1n) is 5.44. The number of aliphatic carboxylic acids is 1. The molecule has 1 atom stereocenters. The number of phenolic OH excluding ortho intramolecular Hbond substituents is 2. The van der Waals surface area contributed by atoms with E-state index in [1.807, 2.05) is 0 Å². The third kappa shape index (κ3) is 3.97. The molecule has 18 heavy (non-hydrogen) atoms. The zero-order chi connectivity index (χ0) is 13.7. The minimum atomic E-state index is -0.927. The number of amides is 1. The van der Waals surface area contributed by atoms with Crippen LogP contribution in [0.15, 0.2) is 18.2 Å². The SMILES string of the molecule is CC(CCC(=O)O)NC(=O)c1ccc(O)cc1O. The van der Waals surface area contributed by atoms with E-state index in [9.17, 15) is 14.7 Å². The Morgan fingerprint density at radius 1 is 1.33 bits per heavy atom. The predicted molar refractivity (Wildman–Crippen MR) is 63.6 cm³/mol. The number of rotatable bonds is 5. The average molecular weight is 253 g/mol. The molecule has 1 aromatic carbocycles. The summed E-state index contributed by atoms with van der Waals surface area (Å²) in [7, 11) is 0. The fraction of sp³-hybridized carbons (Fsp3) is 0.333. The summed E-state index contributed by atoms with van der Waals surface area (Å²) < 4.78 is 0. The summed E-state index contributed by atoms with van der Waals surface area (Å²) in [4.78, 5) is 22.1. The van der Waals surface area contributed by atoms with E-state index in [-0.39, 0.29) is 29.5 Å². The maximum atomic E-state index is 11.7. The highest BCUT2D eigenvalue weighted by Gasteiger charge is 2.14. The highest BCUT2D eigenvalue weighted by molar-refractivity contribution is 5.97. The highest BCUT2D eigenvalue weighted by Crippen LogP contribution is 2.22. The van der Waals surface area contributed by atoms with Crippen molar-refractivity contribution in [3.63, 3.8) is 0 Å². The number of carboxylic acids is 1. The maximum Gasteiger partial charge on any atom is 0.303 e. The number of carbonyl (C=O) groups is 2. The lowest BCUT2D eigenvalue weighted by Gasteiger charge is -2.13. The van der Waals surface area contributed by atoms with Crippen molar-refractivity contribution in [2.75, 3.05) is 0 Å². The third-order valence-electron chi connectivity index (χ3n) is 2.39. The molecule has 0 aliphatic heterocycles. The van der Waals surface area contributed by atoms with Crippen molar-refractivity contribution in [2.45, 2.75) is 25.8 Å². The van der Waals surface area contributed by atoms with E-state index in [2.05, 4.69) is 5.32 Å². The quantitative estimate of drug-likeness (QED) is 0.628. The van der Waals surface area contributed by atoms with E-state index >= 15 is 0 Å². The molecule has 0 aromatic heterocycles. The number of hydrogen-bond acceptors (Lipinski definition) is 4. The normalized spacial score (nSPS) is 11.8. The van der Waals surface area contributed by atoms with Gasteiger partial charge in [0.2, 0.25) is 0 Å². The van der Waals surface area contributed by atoms with Crippen LogP contribution in [0.25, 0.3) is 0 Å². The summed E-state index contributed by atoms with van der Waals surface area (Å²) in [6.45, 7) is 1.68. The van der Waals surface area contributed by atoms with Gasteiger partial charge < -0.3 is 20.6 Å². The van der Waals surface area contributed by atoms with Crippen molar-refractivity contribution < 1.29 is 24.9 Å².